The zero-order valence-electron chi connectivity index (χ0n) is 18.4. The first-order valence-corrected chi connectivity index (χ1v) is 11.2. The van der Waals surface area contributed by atoms with E-state index >= 15 is 0 Å². The third-order valence-electron chi connectivity index (χ3n) is 7.14. The second kappa shape index (κ2) is 8.68. The molecule has 0 aliphatic heterocycles. The fraction of sp³-hybridized carbons (Fsp3) is 0.542. The van der Waals surface area contributed by atoms with Gasteiger partial charge in [-0.15, -0.1) is 0 Å². The predicted molar refractivity (Wildman–Crippen MR) is 114 cm³/mol. The highest BCUT2D eigenvalue weighted by Gasteiger charge is 2.51. The van der Waals surface area contributed by atoms with E-state index in [1.54, 1.807) is 18.6 Å². The topological polar surface area (TPSA) is 86.5 Å². The van der Waals surface area contributed by atoms with E-state index in [4.69, 9.17) is 0 Å². The largest absolute Gasteiger partial charge is 0.421 e. The molecule has 2 N–H and O–H groups in total. The van der Waals surface area contributed by atoms with Gasteiger partial charge in [-0.2, -0.15) is 13.2 Å². The van der Waals surface area contributed by atoms with E-state index in [0.717, 1.165) is 30.7 Å². The van der Waals surface area contributed by atoms with E-state index < -0.39 is 17.2 Å². The van der Waals surface area contributed by atoms with Crippen molar-refractivity contribution in [1.82, 2.24) is 14.9 Å². The summed E-state index contributed by atoms with van der Waals surface area (Å²) in [7, 11) is 0. The van der Waals surface area contributed by atoms with Gasteiger partial charge in [-0.05, 0) is 63.1 Å². The van der Waals surface area contributed by atoms with Crippen LogP contribution in [0.25, 0.3) is 0 Å². The SMILES string of the molecule is C[C@](O)(c1ccc(C(=O)N(C2CC2)C2CCC(CO)(c3cnccn3)CC2)cc1)C(F)(F)F. The summed E-state index contributed by atoms with van der Waals surface area (Å²) in [6, 6.07) is 5.15. The predicted octanol–water partition coefficient (Wildman–Crippen LogP) is 3.72. The zero-order chi connectivity index (χ0) is 23.9. The Bertz CT molecular complexity index is 968. The van der Waals surface area contributed by atoms with Gasteiger partial charge in [0, 0.05) is 41.7 Å². The molecule has 0 saturated heterocycles. The van der Waals surface area contributed by atoms with Crippen LogP contribution >= 0.6 is 0 Å². The number of halogens is 3. The van der Waals surface area contributed by atoms with Crippen LogP contribution in [0, 0.1) is 0 Å². The van der Waals surface area contributed by atoms with E-state index in [1.807, 2.05) is 4.90 Å². The van der Waals surface area contributed by atoms with E-state index in [2.05, 4.69) is 9.97 Å². The number of carbonyl (C=O) groups is 1. The minimum absolute atomic E-state index is 0.0145. The third kappa shape index (κ3) is 4.48. The van der Waals surface area contributed by atoms with Crippen molar-refractivity contribution >= 4 is 5.91 Å². The highest BCUT2D eigenvalue weighted by atomic mass is 19.4. The van der Waals surface area contributed by atoms with Crippen LogP contribution in [0.15, 0.2) is 42.9 Å². The summed E-state index contributed by atoms with van der Waals surface area (Å²) in [5.74, 6) is -0.211. The lowest BCUT2D eigenvalue weighted by Crippen LogP contribution is -2.47. The number of hydrogen-bond donors (Lipinski definition) is 2. The first-order chi connectivity index (χ1) is 15.6. The molecule has 1 amide bonds. The molecular weight excluding hydrogens is 435 g/mol. The maximum atomic E-state index is 13.4. The molecule has 0 bridgehead atoms. The van der Waals surface area contributed by atoms with Crippen molar-refractivity contribution in [3.63, 3.8) is 0 Å². The van der Waals surface area contributed by atoms with Crippen LogP contribution in [-0.2, 0) is 11.0 Å². The highest BCUT2D eigenvalue weighted by molar-refractivity contribution is 5.95. The Morgan fingerprint density at radius 1 is 1.09 bits per heavy atom. The molecule has 2 aliphatic carbocycles. The van der Waals surface area contributed by atoms with E-state index in [0.29, 0.717) is 38.2 Å². The van der Waals surface area contributed by atoms with Crippen LogP contribution in [0.4, 0.5) is 13.2 Å². The normalized spacial score (nSPS) is 25.3. The summed E-state index contributed by atoms with van der Waals surface area (Å²) in [4.78, 5) is 23.7. The number of hydrogen-bond acceptors (Lipinski definition) is 5. The number of alkyl halides is 3. The molecule has 0 spiro atoms. The van der Waals surface area contributed by atoms with Crippen LogP contribution in [0.1, 0.15) is 67.1 Å². The van der Waals surface area contributed by atoms with Crippen molar-refractivity contribution in [3.8, 4) is 0 Å². The van der Waals surface area contributed by atoms with Crippen molar-refractivity contribution in [1.29, 1.82) is 0 Å². The number of benzene rings is 1. The highest BCUT2D eigenvalue weighted by Crippen LogP contribution is 2.43. The minimum Gasteiger partial charge on any atom is -0.395 e. The van der Waals surface area contributed by atoms with Crippen molar-refractivity contribution in [2.45, 2.75) is 74.7 Å². The number of carbonyl (C=O) groups excluding carboxylic acids is 1. The number of rotatable bonds is 6. The van der Waals surface area contributed by atoms with E-state index in [9.17, 15) is 28.2 Å². The Balaban J connectivity index is 1.50. The lowest BCUT2D eigenvalue weighted by atomic mass is 9.70. The van der Waals surface area contributed by atoms with Gasteiger partial charge in [-0.25, -0.2) is 0 Å². The minimum atomic E-state index is -4.82. The van der Waals surface area contributed by atoms with Gasteiger partial charge in [-0.3, -0.25) is 14.8 Å². The molecule has 1 aromatic heterocycles. The molecule has 0 unspecified atom stereocenters. The van der Waals surface area contributed by atoms with Crippen LogP contribution in [0.3, 0.4) is 0 Å². The molecule has 4 rings (SSSR count). The summed E-state index contributed by atoms with van der Waals surface area (Å²) in [6.45, 7) is 0.656. The third-order valence-corrected chi connectivity index (χ3v) is 7.14. The second-order valence-corrected chi connectivity index (χ2v) is 9.35. The molecule has 2 saturated carbocycles. The lowest BCUT2D eigenvalue weighted by molar-refractivity contribution is -0.258. The lowest BCUT2D eigenvalue weighted by Gasteiger charge is -2.42. The van der Waals surface area contributed by atoms with E-state index in [1.165, 1.54) is 12.1 Å². The fourth-order valence-electron chi connectivity index (χ4n) is 4.73. The molecular formula is C24H28F3N3O3. The van der Waals surface area contributed by atoms with Gasteiger partial charge in [0.25, 0.3) is 5.91 Å². The Hall–Kier alpha value is -2.52. The molecule has 1 atom stereocenters. The number of aliphatic hydroxyl groups is 2. The summed E-state index contributed by atoms with van der Waals surface area (Å²) in [6.07, 6.45) is 4.58. The van der Waals surface area contributed by atoms with Gasteiger partial charge in [0.2, 0.25) is 0 Å². The van der Waals surface area contributed by atoms with Crippen LogP contribution in [0.2, 0.25) is 0 Å². The molecule has 33 heavy (non-hydrogen) atoms. The summed E-state index contributed by atoms with van der Waals surface area (Å²) < 4.78 is 39.4. The second-order valence-electron chi connectivity index (χ2n) is 9.35. The standard InChI is InChI=1S/C24H28F3N3O3/c1-22(33,24(25,26)27)17-4-2-16(3-5-17)21(32)30(18-6-7-18)19-8-10-23(15-31,11-9-19)20-14-28-12-13-29-20/h2-5,12-14,18-19,31,33H,6-11,15H2,1H3/t19?,22-,23?/m0/s1. The van der Waals surface area contributed by atoms with Crippen LogP contribution in [0.5, 0.6) is 0 Å². The molecule has 0 radical (unpaired) electrons. The Kier molecular flexibility index (Phi) is 6.22. The first kappa shape index (κ1) is 23.6. The summed E-state index contributed by atoms with van der Waals surface area (Å²) in [5.41, 5.74) is -2.71. The van der Waals surface area contributed by atoms with Crippen LogP contribution < -0.4 is 0 Å². The zero-order valence-corrected chi connectivity index (χ0v) is 18.4. The number of amides is 1. The quantitative estimate of drug-likeness (QED) is 0.682. The molecule has 2 aromatic rings. The smallest absolute Gasteiger partial charge is 0.395 e. The average Bonchev–Trinajstić information content (AvgIpc) is 3.65. The van der Waals surface area contributed by atoms with E-state index in [-0.39, 0.29) is 30.2 Å². The number of nitrogens with zero attached hydrogens (tertiary/aromatic N) is 3. The Labute approximate surface area is 190 Å². The Morgan fingerprint density at radius 2 is 1.70 bits per heavy atom. The summed E-state index contributed by atoms with van der Waals surface area (Å²) in [5, 5.41) is 20.0. The van der Waals surface area contributed by atoms with Gasteiger partial charge >= 0.3 is 6.18 Å². The molecule has 178 valence electrons. The van der Waals surface area contributed by atoms with Crippen molar-refractivity contribution in [2.75, 3.05) is 6.61 Å². The van der Waals surface area contributed by atoms with Crippen LogP contribution in [-0.4, -0.2) is 55.9 Å². The van der Waals surface area contributed by atoms with Crippen molar-refractivity contribution in [3.05, 3.63) is 59.7 Å². The number of aromatic nitrogens is 2. The van der Waals surface area contributed by atoms with Crippen molar-refractivity contribution in [2.24, 2.45) is 0 Å². The molecule has 1 heterocycles. The average molecular weight is 464 g/mol. The monoisotopic (exact) mass is 463 g/mol. The fourth-order valence-corrected chi connectivity index (χ4v) is 4.73. The van der Waals surface area contributed by atoms with Gasteiger partial charge in [0.05, 0.1) is 12.3 Å². The molecule has 9 heteroatoms. The maximum absolute atomic E-state index is 13.4. The maximum Gasteiger partial charge on any atom is 0.421 e. The first-order valence-electron chi connectivity index (χ1n) is 11.2. The molecule has 6 nitrogen and oxygen atoms in total. The van der Waals surface area contributed by atoms with Crippen molar-refractivity contribution < 1.29 is 28.2 Å². The van der Waals surface area contributed by atoms with Gasteiger partial charge in [0.1, 0.15) is 0 Å². The van der Waals surface area contributed by atoms with Gasteiger partial charge in [-0.1, -0.05) is 12.1 Å². The van der Waals surface area contributed by atoms with Gasteiger partial charge in [0.15, 0.2) is 5.60 Å². The molecule has 2 aliphatic rings. The summed E-state index contributed by atoms with van der Waals surface area (Å²) >= 11 is 0. The van der Waals surface area contributed by atoms with Gasteiger partial charge < -0.3 is 15.1 Å². The molecule has 1 aromatic carbocycles. The molecule has 2 fully saturated rings. The number of aliphatic hydroxyl groups excluding tert-OH is 1. The Morgan fingerprint density at radius 3 is 2.18 bits per heavy atom.